The minimum absolute atomic E-state index is 0.260. The Hall–Kier alpha value is -1.64. The van der Waals surface area contributed by atoms with Crippen molar-refractivity contribution in [3.8, 4) is 0 Å². The highest BCUT2D eigenvalue weighted by atomic mass is 16.5. The number of hydrogen-bond acceptors (Lipinski definition) is 3. The Bertz CT molecular complexity index is 423. The van der Waals surface area contributed by atoms with Crippen LogP contribution in [-0.4, -0.2) is 19.4 Å². The van der Waals surface area contributed by atoms with Gasteiger partial charge in [-0.25, -0.2) is 4.79 Å². The molecule has 0 fully saturated rings. The maximum Gasteiger partial charge on any atom is 0.337 e. The summed E-state index contributed by atoms with van der Waals surface area (Å²) >= 11 is 0. The highest BCUT2D eigenvalue weighted by Crippen LogP contribution is 2.26. The molecule has 0 radical (unpaired) electrons. The lowest BCUT2D eigenvalue weighted by Crippen LogP contribution is -2.04. The number of benzene rings is 1. The van der Waals surface area contributed by atoms with Gasteiger partial charge in [-0.05, 0) is 30.0 Å². The second kappa shape index (κ2) is 10.1. The topological polar surface area (TPSA) is 43.4 Å². The van der Waals surface area contributed by atoms with Crippen molar-refractivity contribution in [1.29, 1.82) is 0 Å². The first kappa shape index (κ1) is 17.4. The number of esters is 1. The monoisotopic (exact) mass is 290 g/mol. The lowest BCUT2D eigenvalue weighted by molar-refractivity contribution is -0.108. The van der Waals surface area contributed by atoms with Gasteiger partial charge in [0.2, 0.25) is 0 Å². The van der Waals surface area contributed by atoms with E-state index >= 15 is 0 Å². The quantitative estimate of drug-likeness (QED) is 0.362. The van der Waals surface area contributed by atoms with Crippen LogP contribution < -0.4 is 0 Å². The molecule has 0 heterocycles. The van der Waals surface area contributed by atoms with E-state index in [4.69, 9.17) is 4.74 Å². The van der Waals surface area contributed by atoms with Crippen LogP contribution in [-0.2, 0) is 9.53 Å². The largest absolute Gasteiger partial charge is 0.465 e. The molecule has 1 atom stereocenters. The summed E-state index contributed by atoms with van der Waals surface area (Å²) < 4.78 is 4.69. The third-order valence-corrected chi connectivity index (χ3v) is 3.84. The van der Waals surface area contributed by atoms with Gasteiger partial charge in [0.05, 0.1) is 12.7 Å². The minimum Gasteiger partial charge on any atom is -0.465 e. The molecule has 0 saturated heterocycles. The second-order valence-corrected chi connectivity index (χ2v) is 5.42. The number of ether oxygens (including phenoxy) is 1. The van der Waals surface area contributed by atoms with E-state index in [1.165, 1.54) is 32.8 Å². The van der Waals surface area contributed by atoms with Crippen LogP contribution in [0, 0.1) is 0 Å². The van der Waals surface area contributed by atoms with Crippen molar-refractivity contribution in [3.63, 3.8) is 0 Å². The molecule has 1 unspecified atom stereocenters. The zero-order valence-corrected chi connectivity index (χ0v) is 13.1. The molecule has 3 nitrogen and oxygen atoms in total. The summed E-state index contributed by atoms with van der Waals surface area (Å²) in [6.45, 7) is 2.21. The average Bonchev–Trinajstić information content (AvgIpc) is 2.53. The molecule has 0 aliphatic rings. The summed E-state index contributed by atoms with van der Waals surface area (Å²) in [5.74, 6) is -0.0659. The first-order chi connectivity index (χ1) is 10.2. The molecule has 21 heavy (non-hydrogen) atoms. The van der Waals surface area contributed by atoms with Gasteiger partial charge in [-0.15, -0.1) is 0 Å². The lowest BCUT2D eigenvalue weighted by Gasteiger charge is -2.15. The Morgan fingerprint density at radius 2 is 1.81 bits per heavy atom. The normalized spacial score (nSPS) is 11.9. The third kappa shape index (κ3) is 6.11. The number of rotatable bonds is 10. The Labute approximate surface area is 127 Å². The van der Waals surface area contributed by atoms with E-state index in [2.05, 4.69) is 6.92 Å². The van der Waals surface area contributed by atoms with Gasteiger partial charge in [0, 0.05) is 6.42 Å². The molecule has 3 heteroatoms. The maximum absolute atomic E-state index is 11.4. The summed E-state index contributed by atoms with van der Waals surface area (Å²) in [6, 6.07) is 7.42. The van der Waals surface area contributed by atoms with E-state index < -0.39 is 0 Å². The van der Waals surface area contributed by atoms with Crippen LogP contribution in [0.15, 0.2) is 24.3 Å². The molecule has 0 aromatic heterocycles. The van der Waals surface area contributed by atoms with Crippen molar-refractivity contribution in [2.75, 3.05) is 7.11 Å². The lowest BCUT2D eigenvalue weighted by atomic mass is 9.90. The first-order valence-electron chi connectivity index (χ1n) is 7.84. The maximum atomic E-state index is 11.4. The molecular weight excluding hydrogens is 264 g/mol. The number of unbranched alkanes of at least 4 members (excludes halogenated alkanes) is 4. The Morgan fingerprint density at radius 1 is 1.14 bits per heavy atom. The summed E-state index contributed by atoms with van der Waals surface area (Å²) in [7, 11) is 1.38. The van der Waals surface area contributed by atoms with Gasteiger partial charge in [-0.2, -0.15) is 0 Å². The van der Waals surface area contributed by atoms with Gasteiger partial charge < -0.3 is 9.53 Å². The summed E-state index contributed by atoms with van der Waals surface area (Å²) in [6.07, 6.45) is 8.74. The van der Waals surface area contributed by atoms with Crippen LogP contribution >= 0.6 is 0 Å². The molecule has 0 N–H and O–H groups in total. The standard InChI is InChI=1S/C18H26O3/c1-3-4-5-6-7-8-15(13-14-19)16-9-11-17(12-10-16)18(20)21-2/h9-12,14-15H,3-8,13H2,1-2H3. The molecule has 1 aromatic rings. The number of aldehydes is 1. The van der Waals surface area contributed by atoms with Crippen molar-refractivity contribution < 1.29 is 14.3 Å². The number of methoxy groups -OCH3 is 1. The van der Waals surface area contributed by atoms with Crippen molar-refractivity contribution in [1.82, 2.24) is 0 Å². The van der Waals surface area contributed by atoms with E-state index in [9.17, 15) is 9.59 Å². The van der Waals surface area contributed by atoms with E-state index in [0.29, 0.717) is 12.0 Å². The highest BCUT2D eigenvalue weighted by molar-refractivity contribution is 5.89. The van der Waals surface area contributed by atoms with Gasteiger partial charge in [0.25, 0.3) is 0 Å². The van der Waals surface area contributed by atoms with Crippen LogP contribution in [0.2, 0.25) is 0 Å². The molecule has 116 valence electrons. The second-order valence-electron chi connectivity index (χ2n) is 5.42. The molecule has 0 amide bonds. The Balaban J connectivity index is 2.58. The Kier molecular flexibility index (Phi) is 8.41. The van der Waals surface area contributed by atoms with E-state index in [-0.39, 0.29) is 11.9 Å². The smallest absolute Gasteiger partial charge is 0.337 e. The molecule has 0 aliphatic carbocycles. The van der Waals surface area contributed by atoms with Crippen molar-refractivity contribution in [3.05, 3.63) is 35.4 Å². The van der Waals surface area contributed by atoms with Crippen LogP contribution in [0.25, 0.3) is 0 Å². The first-order valence-corrected chi connectivity index (χ1v) is 7.84. The minimum atomic E-state index is -0.326. The SMILES string of the molecule is CCCCCCCC(CC=O)c1ccc(C(=O)OC)cc1. The molecular formula is C18H26O3. The fourth-order valence-corrected chi connectivity index (χ4v) is 2.54. The van der Waals surface area contributed by atoms with Crippen LogP contribution in [0.4, 0.5) is 0 Å². The average molecular weight is 290 g/mol. The molecule has 1 rings (SSSR count). The van der Waals surface area contributed by atoms with Gasteiger partial charge in [0.15, 0.2) is 0 Å². The predicted molar refractivity (Wildman–Crippen MR) is 84.6 cm³/mol. The molecule has 0 saturated carbocycles. The summed E-state index contributed by atoms with van der Waals surface area (Å²) in [5, 5.41) is 0. The van der Waals surface area contributed by atoms with E-state index in [1.54, 1.807) is 12.1 Å². The van der Waals surface area contributed by atoms with E-state index in [0.717, 1.165) is 24.7 Å². The predicted octanol–water partition coefficient (Wildman–Crippen LogP) is 4.51. The number of carbonyl (C=O) groups is 2. The van der Waals surface area contributed by atoms with Crippen molar-refractivity contribution in [2.24, 2.45) is 0 Å². The van der Waals surface area contributed by atoms with Crippen LogP contribution in [0.1, 0.15) is 73.7 Å². The summed E-state index contributed by atoms with van der Waals surface area (Å²) in [4.78, 5) is 22.3. The van der Waals surface area contributed by atoms with E-state index in [1.807, 2.05) is 12.1 Å². The molecule has 1 aromatic carbocycles. The van der Waals surface area contributed by atoms with Gasteiger partial charge in [-0.1, -0.05) is 51.2 Å². The van der Waals surface area contributed by atoms with Crippen LogP contribution in [0.3, 0.4) is 0 Å². The fraction of sp³-hybridized carbons (Fsp3) is 0.556. The Morgan fingerprint density at radius 3 is 2.38 bits per heavy atom. The van der Waals surface area contributed by atoms with Gasteiger partial charge in [-0.3, -0.25) is 0 Å². The van der Waals surface area contributed by atoms with Crippen LogP contribution in [0.5, 0.6) is 0 Å². The zero-order valence-electron chi connectivity index (χ0n) is 13.1. The zero-order chi connectivity index (χ0) is 15.5. The van der Waals surface area contributed by atoms with Crippen molar-refractivity contribution >= 4 is 12.3 Å². The molecule has 0 aliphatic heterocycles. The third-order valence-electron chi connectivity index (χ3n) is 3.84. The van der Waals surface area contributed by atoms with Gasteiger partial charge in [0.1, 0.15) is 6.29 Å². The number of carbonyl (C=O) groups excluding carboxylic acids is 2. The summed E-state index contributed by atoms with van der Waals surface area (Å²) in [5.41, 5.74) is 1.68. The molecule has 0 bridgehead atoms. The van der Waals surface area contributed by atoms with Gasteiger partial charge >= 0.3 is 5.97 Å². The fourth-order valence-electron chi connectivity index (χ4n) is 2.54. The number of hydrogen-bond donors (Lipinski definition) is 0. The highest BCUT2D eigenvalue weighted by Gasteiger charge is 2.12. The van der Waals surface area contributed by atoms with Crippen molar-refractivity contribution in [2.45, 2.75) is 57.8 Å². The molecule has 0 spiro atoms.